The summed E-state index contributed by atoms with van der Waals surface area (Å²) in [6.07, 6.45) is 0. The van der Waals surface area contributed by atoms with Gasteiger partial charge >= 0.3 is 5.97 Å². The summed E-state index contributed by atoms with van der Waals surface area (Å²) < 4.78 is 7.51. The SMILES string of the molecule is CCOC(=O)Cn1c(=NC(=O)CN2C(=O)c3ccccc3C2=O)sc2cc(C)ccc21. The zero-order chi connectivity index (χ0) is 22.1. The lowest BCUT2D eigenvalue weighted by Gasteiger charge is -2.10. The van der Waals surface area contributed by atoms with Crippen molar-refractivity contribution >= 4 is 45.2 Å². The molecule has 0 N–H and O–H groups in total. The summed E-state index contributed by atoms with van der Waals surface area (Å²) in [5, 5.41) is 0. The van der Waals surface area contributed by atoms with Crippen molar-refractivity contribution in [2.75, 3.05) is 13.2 Å². The van der Waals surface area contributed by atoms with Crippen molar-refractivity contribution < 1.29 is 23.9 Å². The Hall–Kier alpha value is -3.59. The molecule has 9 heteroatoms. The van der Waals surface area contributed by atoms with Crippen molar-refractivity contribution in [3.8, 4) is 0 Å². The molecule has 0 saturated carbocycles. The van der Waals surface area contributed by atoms with Gasteiger partial charge in [0.2, 0.25) is 0 Å². The van der Waals surface area contributed by atoms with Crippen LogP contribution in [-0.4, -0.2) is 46.3 Å². The van der Waals surface area contributed by atoms with E-state index in [1.54, 1.807) is 35.8 Å². The fourth-order valence-corrected chi connectivity index (χ4v) is 4.56. The van der Waals surface area contributed by atoms with Gasteiger partial charge < -0.3 is 9.30 Å². The third-order valence-corrected chi connectivity index (χ3v) is 5.86. The molecule has 3 aromatic rings. The van der Waals surface area contributed by atoms with Crippen LogP contribution in [0, 0.1) is 6.92 Å². The van der Waals surface area contributed by atoms with E-state index in [1.165, 1.54) is 11.3 Å². The van der Waals surface area contributed by atoms with Crippen LogP contribution in [0.15, 0.2) is 47.5 Å². The average Bonchev–Trinajstić information content (AvgIpc) is 3.18. The highest BCUT2D eigenvalue weighted by Gasteiger charge is 2.36. The second-order valence-corrected chi connectivity index (χ2v) is 8.00. The molecular formula is C22H19N3O5S. The minimum Gasteiger partial charge on any atom is -0.465 e. The average molecular weight is 437 g/mol. The number of carbonyl (C=O) groups is 4. The fourth-order valence-electron chi connectivity index (χ4n) is 3.41. The lowest BCUT2D eigenvalue weighted by molar-refractivity contribution is -0.143. The summed E-state index contributed by atoms with van der Waals surface area (Å²) in [6.45, 7) is 3.33. The number of aromatic nitrogens is 1. The van der Waals surface area contributed by atoms with Crippen LogP contribution in [0.1, 0.15) is 33.2 Å². The third-order valence-electron chi connectivity index (χ3n) is 4.82. The first-order chi connectivity index (χ1) is 14.9. The van der Waals surface area contributed by atoms with Gasteiger partial charge in [0.1, 0.15) is 13.1 Å². The Balaban J connectivity index is 1.67. The number of aryl methyl sites for hydroxylation is 1. The number of ether oxygens (including phenoxy) is 1. The molecule has 1 aromatic heterocycles. The maximum Gasteiger partial charge on any atom is 0.326 e. The number of esters is 1. The standard InChI is InChI=1S/C22H19N3O5S/c1-3-30-19(27)12-24-16-9-8-13(2)10-17(16)31-22(24)23-18(26)11-25-20(28)14-6-4-5-7-15(14)21(25)29/h4-10H,3,11-12H2,1-2H3. The summed E-state index contributed by atoms with van der Waals surface area (Å²) in [4.78, 5) is 55.1. The quantitative estimate of drug-likeness (QED) is 0.451. The molecule has 0 atom stereocenters. The van der Waals surface area contributed by atoms with Crippen molar-refractivity contribution in [3.05, 3.63) is 64.0 Å². The number of hydrogen-bond acceptors (Lipinski definition) is 6. The van der Waals surface area contributed by atoms with Crippen molar-refractivity contribution in [2.45, 2.75) is 20.4 Å². The Morgan fingerprint density at radius 1 is 1.03 bits per heavy atom. The van der Waals surface area contributed by atoms with Gasteiger partial charge in [-0.25, -0.2) is 0 Å². The van der Waals surface area contributed by atoms with E-state index in [1.807, 2.05) is 25.1 Å². The Morgan fingerprint density at radius 2 is 1.71 bits per heavy atom. The van der Waals surface area contributed by atoms with Crippen LogP contribution in [0.4, 0.5) is 0 Å². The van der Waals surface area contributed by atoms with Crippen molar-refractivity contribution in [3.63, 3.8) is 0 Å². The highest BCUT2D eigenvalue weighted by Crippen LogP contribution is 2.22. The van der Waals surface area contributed by atoms with E-state index < -0.39 is 30.2 Å². The Labute approximate surface area is 181 Å². The Morgan fingerprint density at radius 3 is 2.35 bits per heavy atom. The van der Waals surface area contributed by atoms with Gasteiger partial charge in [0.25, 0.3) is 17.7 Å². The van der Waals surface area contributed by atoms with Gasteiger partial charge in [0, 0.05) is 0 Å². The molecular weight excluding hydrogens is 418 g/mol. The van der Waals surface area contributed by atoms with Gasteiger partial charge in [-0.05, 0) is 43.7 Å². The number of thiazole rings is 1. The van der Waals surface area contributed by atoms with Gasteiger partial charge in [-0.3, -0.25) is 24.1 Å². The number of hydrogen-bond donors (Lipinski definition) is 0. The van der Waals surface area contributed by atoms with Gasteiger partial charge in [0.05, 0.1) is 28.0 Å². The highest BCUT2D eigenvalue weighted by molar-refractivity contribution is 7.16. The van der Waals surface area contributed by atoms with Crippen molar-refractivity contribution in [1.29, 1.82) is 0 Å². The van der Waals surface area contributed by atoms with E-state index in [4.69, 9.17) is 4.74 Å². The van der Waals surface area contributed by atoms with Crippen LogP contribution in [0.5, 0.6) is 0 Å². The van der Waals surface area contributed by atoms with E-state index in [0.29, 0.717) is 4.80 Å². The van der Waals surface area contributed by atoms with E-state index in [-0.39, 0.29) is 24.3 Å². The van der Waals surface area contributed by atoms with E-state index in [9.17, 15) is 19.2 Å². The zero-order valence-electron chi connectivity index (χ0n) is 17.0. The minimum absolute atomic E-state index is 0.101. The predicted molar refractivity (Wildman–Crippen MR) is 114 cm³/mol. The molecule has 158 valence electrons. The zero-order valence-corrected chi connectivity index (χ0v) is 17.8. The van der Waals surface area contributed by atoms with Crippen LogP contribution in [0.2, 0.25) is 0 Å². The summed E-state index contributed by atoms with van der Waals surface area (Å²) in [5.41, 5.74) is 2.32. The van der Waals surface area contributed by atoms with Gasteiger partial charge in [-0.2, -0.15) is 4.99 Å². The van der Waals surface area contributed by atoms with Crippen LogP contribution < -0.4 is 4.80 Å². The summed E-state index contributed by atoms with van der Waals surface area (Å²) >= 11 is 1.25. The molecule has 4 rings (SSSR count). The number of amides is 3. The summed E-state index contributed by atoms with van der Waals surface area (Å²) in [6, 6.07) is 12.1. The van der Waals surface area contributed by atoms with Crippen LogP contribution in [-0.2, 0) is 20.9 Å². The molecule has 31 heavy (non-hydrogen) atoms. The molecule has 0 bridgehead atoms. The molecule has 0 unspecified atom stereocenters. The monoisotopic (exact) mass is 437 g/mol. The van der Waals surface area contributed by atoms with E-state index in [0.717, 1.165) is 20.7 Å². The van der Waals surface area contributed by atoms with Crippen LogP contribution in [0.3, 0.4) is 0 Å². The number of fused-ring (bicyclic) bond motifs is 2. The van der Waals surface area contributed by atoms with Gasteiger partial charge in [0.15, 0.2) is 4.80 Å². The Bertz CT molecular complexity index is 1270. The lowest BCUT2D eigenvalue weighted by Crippen LogP contribution is -2.35. The molecule has 2 heterocycles. The topological polar surface area (TPSA) is 98.0 Å². The smallest absolute Gasteiger partial charge is 0.326 e. The van der Waals surface area contributed by atoms with E-state index >= 15 is 0 Å². The third kappa shape index (κ3) is 3.91. The number of benzene rings is 2. The molecule has 0 fully saturated rings. The minimum atomic E-state index is -0.657. The first kappa shape index (κ1) is 20.7. The first-order valence-corrected chi connectivity index (χ1v) is 10.5. The highest BCUT2D eigenvalue weighted by atomic mass is 32.1. The number of rotatable bonds is 5. The maximum atomic E-state index is 12.7. The molecule has 0 aliphatic carbocycles. The number of carbonyl (C=O) groups excluding carboxylic acids is 4. The van der Waals surface area contributed by atoms with Crippen LogP contribution >= 0.6 is 11.3 Å². The van der Waals surface area contributed by atoms with Crippen LogP contribution in [0.25, 0.3) is 10.2 Å². The maximum absolute atomic E-state index is 12.7. The molecule has 0 radical (unpaired) electrons. The molecule has 0 spiro atoms. The van der Waals surface area contributed by atoms with Crippen molar-refractivity contribution in [2.24, 2.45) is 4.99 Å². The molecule has 1 aliphatic rings. The normalized spacial score (nSPS) is 13.7. The summed E-state index contributed by atoms with van der Waals surface area (Å²) in [7, 11) is 0. The second-order valence-electron chi connectivity index (χ2n) is 6.99. The number of nitrogens with zero attached hydrogens (tertiary/aromatic N) is 3. The van der Waals surface area contributed by atoms with Crippen molar-refractivity contribution in [1.82, 2.24) is 9.47 Å². The fraction of sp³-hybridized carbons (Fsp3) is 0.227. The van der Waals surface area contributed by atoms with E-state index in [2.05, 4.69) is 4.99 Å². The molecule has 1 aliphatic heterocycles. The molecule has 8 nitrogen and oxygen atoms in total. The predicted octanol–water partition coefficient (Wildman–Crippen LogP) is 2.30. The largest absolute Gasteiger partial charge is 0.465 e. The Kier molecular flexibility index (Phi) is 5.51. The van der Waals surface area contributed by atoms with Gasteiger partial charge in [-0.15, -0.1) is 0 Å². The number of imide groups is 1. The molecule has 0 saturated heterocycles. The second kappa shape index (κ2) is 8.27. The van der Waals surface area contributed by atoms with Gasteiger partial charge in [-0.1, -0.05) is 29.5 Å². The lowest BCUT2D eigenvalue weighted by atomic mass is 10.1. The first-order valence-electron chi connectivity index (χ1n) is 9.67. The summed E-state index contributed by atoms with van der Waals surface area (Å²) in [5.74, 6) is -2.14. The molecule has 2 aromatic carbocycles. The molecule has 3 amide bonds.